The summed E-state index contributed by atoms with van der Waals surface area (Å²) >= 11 is 1.85. The topological polar surface area (TPSA) is 38.8 Å². The number of hydrogen-bond acceptors (Lipinski definition) is 3. The molecule has 0 aliphatic carbocycles. The van der Waals surface area contributed by atoms with E-state index in [1.807, 2.05) is 63.7 Å². The molecule has 0 aromatic carbocycles. The Morgan fingerprint density at radius 3 is 2.35 bits per heavy atom. The van der Waals surface area contributed by atoms with Crippen LogP contribution >= 0.6 is 23.0 Å². The van der Waals surface area contributed by atoms with Crippen LogP contribution in [0, 0.1) is 0 Å². The summed E-state index contributed by atoms with van der Waals surface area (Å²) in [5.41, 5.74) is -0.430. The van der Waals surface area contributed by atoms with Gasteiger partial charge in [-0.05, 0) is 26.8 Å². The predicted octanol–water partition coefficient (Wildman–Crippen LogP) is 3.90. The molecule has 0 unspecified atom stereocenters. The van der Waals surface area contributed by atoms with E-state index in [9.17, 15) is 4.79 Å². The molecule has 1 aliphatic heterocycles. The van der Waals surface area contributed by atoms with E-state index in [4.69, 9.17) is 7.80 Å². The first-order chi connectivity index (χ1) is 7.92. The van der Waals surface area contributed by atoms with Crippen LogP contribution in [0.2, 0.25) is 0 Å². The van der Waals surface area contributed by atoms with E-state index in [1.165, 1.54) is 0 Å². The van der Waals surface area contributed by atoms with Gasteiger partial charge in [0.15, 0.2) is 23.0 Å². The zero-order valence-electron chi connectivity index (χ0n) is 11.2. The first kappa shape index (κ1) is 16.5. The minimum atomic E-state index is -0.430. The fourth-order valence-electron chi connectivity index (χ4n) is 1.21. The summed E-state index contributed by atoms with van der Waals surface area (Å²) in [5, 5.41) is 0. The smallest absolute Gasteiger partial charge is 0.410 e. The molecule has 1 aliphatic rings. The Morgan fingerprint density at radius 1 is 1.41 bits per heavy atom. The van der Waals surface area contributed by atoms with Crippen LogP contribution in [-0.4, -0.2) is 29.7 Å². The second-order valence-corrected chi connectivity index (χ2v) is 4.86. The van der Waals surface area contributed by atoms with Crippen molar-refractivity contribution in [3.63, 3.8) is 0 Å². The number of rotatable bonds is 1. The normalized spacial score (nSPS) is 15.4. The highest BCUT2D eigenvalue weighted by atomic mass is 127. The summed E-state index contributed by atoms with van der Waals surface area (Å²) in [4.78, 5) is 13.3. The van der Waals surface area contributed by atoms with Crippen LogP contribution < -0.4 is 0 Å². The number of hydrogen-bond donors (Lipinski definition) is 0. The third-order valence-corrected chi connectivity index (χ3v) is 2.48. The molecular weight excluding hydrogens is 333 g/mol. The van der Waals surface area contributed by atoms with E-state index in [0.717, 1.165) is 12.2 Å². The molecule has 0 radical (unpaired) electrons. The summed E-state index contributed by atoms with van der Waals surface area (Å²) in [6, 6.07) is 0. The molecule has 0 aromatic heterocycles. The monoisotopic (exact) mass is 355 g/mol. The Balaban J connectivity index is 0.00000121. The first-order valence-electron chi connectivity index (χ1n) is 5.88. The Hall–Kier alpha value is -0.460. The van der Waals surface area contributed by atoms with Crippen molar-refractivity contribution in [3.05, 3.63) is 11.8 Å². The zero-order valence-corrected chi connectivity index (χ0v) is 13.4. The molecule has 0 saturated heterocycles. The average Bonchev–Trinajstić information content (AvgIpc) is 2.29. The Kier molecular flexibility index (Phi) is 7.58. The molecule has 1 rings (SSSR count). The molecule has 4 nitrogen and oxygen atoms in total. The van der Waals surface area contributed by atoms with E-state index < -0.39 is 5.60 Å². The van der Waals surface area contributed by atoms with Crippen LogP contribution in [0.3, 0.4) is 0 Å². The minimum Gasteiger partial charge on any atom is -0.444 e. The molecule has 0 aromatic rings. The highest BCUT2D eigenvalue weighted by Gasteiger charge is 2.23. The Labute approximate surface area is 118 Å². The summed E-state index contributed by atoms with van der Waals surface area (Å²) < 4.78 is 10.3. The molecule has 0 saturated carbocycles. The van der Waals surface area contributed by atoms with Crippen molar-refractivity contribution < 1.29 is 12.6 Å². The second-order valence-electron chi connectivity index (χ2n) is 4.42. The van der Waals surface area contributed by atoms with Gasteiger partial charge in [0.05, 0.1) is 0 Å². The van der Waals surface area contributed by atoms with Gasteiger partial charge in [-0.15, -0.1) is 0 Å². The standard InChI is InChI=1S/C10H16INO3.C2H6/c1-10(2,3)14-9(13)12-6-4-8(15-11)5-7-12;1-2/h4H,5-7H2,1-3H3;1-2H3. The van der Waals surface area contributed by atoms with Gasteiger partial charge in [-0.2, -0.15) is 0 Å². The Morgan fingerprint density at radius 2 is 2.00 bits per heavy atom. The van der Waals surface area contributed by atoms with Gasteiger partial charge < -0.3 is 12.7 Å². The molecule has 0 atom stereocenters. The largest absolute Gasteiger partial charge is 0.444 e. The lowest BCUT2D eigenvalue weighted by atomic mass is 10.2. The summed E-state index contributed by atoms with van der Waals surface area (Å²) in [5.74, 6) is 0.926. The van der Waals surface area contributed by atoms with E-state index in [0.29, 0.717) is 13.1 Å². The molecule has 5 heteroatoms. The average molecular weight is 355 g/mol. The molecular formula is C12H22INO3. The van der Waals surface area contributed by atoms with Gasteiger partial charge in [0, 0.05) is 19.5 Å². The number of nitrogens with zero attached hydrogens (tertiary/aromatic N) is 1. The third-order valence-electron chi connectivity index (χ3n) is 1.92. The van der Waals surface area contributed by atoms with E-state index in [-0.39, 0.29) is 6.09 Å². The maximum Gasteiger partial charge on any atom is 0.410 e. The highest BCUT2D eigenvalue weighted by Crippen LogP contribution is 2.17. The van der Waals surface area contributed by atoms with E-state index in [2.05, 4.69) is 0 Å². The maximum atomic E-state index is 11.6. The summed E-state index contributed by atoms with van der Waals surface area (Å²) in [6.45, 7) is 10.8. The summed E-state index contributed by atoms with van der Waals surface area (Å²) in [7, 11) is 0. The third kappa shape index (κ3) is 6.75. The van der Waals surface area contributed by atoms with Crippen LogP contribution in [-0.2, 0) is 7.80 Å². The van der Waals surface area contributed by atoms with Gasteiger partial charge >= 0.3 is 6.09 Å². The fraction of sp³-hybridized carbons (Fsp3) is 0.750. The van der Waals surface area contributed by atoms with E-state index in [1.54, 1.807) is 4.90 Å². The van der Waals surface area contributed by atoms with Gasteiger partial charge in [-0.1, -0.05) is 13.8 Å². The Bertz CT molecular complexity index is 271. The molecule has 0 N–H and O–H groups in total. The van der Waals surface area contributed by atoms with Gasteiger partial charge in [-0.25, -0.2) is 4.79 Å². The van der Waals surface area contributed by atoms with Crippen LogP contribution in [0.25, 0.3) is 0 Å². The number of amides is 1. The van der Waals surface area contributed by atoms with Gasteiger partial charge in [-0.3, -0.25) is 0 Å². The molecule has 100 valence electrons. The molecule has 0 fully saturated rings. The fourth-order valence-corrected chi connectivity index (χ4v) is 1.61. The number of halogens is 1. The van der Waals surface area contributed by atoms with Crippen LogP contribution in [0.1, 0.15) is 41.0 Å². The van der Waals surface area contributed by atoms with Gasteiger partial charge in [0.25, 0.3) is 0 Å². The molecule has 0 bridgehead atoms. The van der Waals surface area contributed by atoms with Crippen molar-refractivity contribution in [1.29, 1.82) is 0 Å². The maximum absolute atomic E-state index is 11.6. The lowest BCUT2D eigenvalue weighted by molar-refractivity contribution is 0.0261. The number of ether oxygens (including phenoxy) is 1. The second kappa shape index (κ2) is 7.79. The van der Waals surface area contributed by atoms with Crippen molar-refractivity contribution >= 4 is 29.1 Å². The molecule has 0 spiro atoms. The van der Waals surface area contributed by atoms with Crippen molar-refractivity contribution in [2.75, 3.05) is 13.1 Å². The SMILES string of the molecule is CC.CC(C)(C)OC(=O)N1CC=C(OI)CC1. The lowest BCUT2D eigenvalue weighted by Crippen LogP contribution is -2.39. The van der Waals surface area contributed by atoms with E-state index >= 15 is 0 Å². The molecule has 17 heavy (non-hydrogen) atoms. The first-order valence-corrected chi connectivity index (χ1v) is 6.76. The van der Waals surface area contributed by atoms with Crippen molar-refractivity contribution in [2.24, 2.45) is 0 Å². The predicted molar refractivity (Wildman–Crippen MR) is 77.0 cm³/mol. The number of carbonyl (C=O) groups is 1. The number of carbonyl (C=O) groups excluding carboxylic acids is 1. The lowest BCUT2D eigenvalue weighted by Gasteiger charge is -2.28. The quantitative estimate of drug-likeness (QED) is 0.670. The van der Waals surface area contributed by atoms with Gasteiger partial charge in [0.2, 0.25) is 0 Å². The summed E-state index contributed by atoms with van der Waals surface area (Å²) in [6.07, 6.45) is 2.40. The zero-order chi connectivity index (χ0) is 13.5. The minimum absolute atomic E-state index is 0.258. The van der Waals surface area contributed by atoms with Crippen molar-refractivity contribution in [2.45, 2.75) is 46.6 Å². The van der Waals surface area contributed by atoms with Crippen LogP contribution in [0.5, 0.6) is 0 Å². The van der Waals surface area contributed by atoms with Crippen molar-refractivity contribution in [1.82, 2.24) is 4.90 Å². The molecule has 1 heterocycles. The van der Waals surface area contributed by atoms with Crippen molar-refractivity contribution in [3.8, 4) is 0 Å². The highest BCUT2D eigenvalue weighted by molar-refractivity contribution is 14.1. The molecule has 1 amide bonds. The van der Waals surface area contributed by atoms with Crippen LogP contribution in [0.4, 0.5) is 4.79 Å². The van der Waals surface area contributed by atoms with Gasteiger partial charge in [0.1, 0.15) is 11.4 Å². The van der Waals surface area contributed by atoms with Crippen LogP contribution in [0.15, 0.2) is 11.8 Å².